The van der Waals surface area contributed by atoms with Crippen molar-refractivity contribution in [2.24, 2.45) is 0 Å². The molecule has 2 saturated heterocycles. The molecule has 23 heavy (non-hydrogen) atoms. The maximum absolute atomic E-state index is 12.8. The Bertz CT molecular complexity index is 622. The third-order valence-corrected chi connectivity index (χ3v) is 5.25. The van der Waals surface area contributed by atoms with Crippen LogP contribution in [0.1, 0.15) is 5.56 Å². The van der Waals surface area contributed by atoms with Crippen LogP contribution in [0, 0.1) is 0 Å². The number of piperazine rings is 1. The number of benzene rings is 1. The van der Waals surface area contributed by atoms with Gasteiger partial charge in [-0.05, 0) is 5.56 Å². The normalized spacial score (nSPS) is 27.2. The summed E-state index contributed by atoms with van der Waals surface area (Å²) in [5, 5.41) is 2.80. The standard InChI is InChI=1S/C16H18N2O4S/c1-22-16(21)13-9-23-8-12-14(19)17-11(15(20)18(12)13)7-10-5-3-2-4-6-10/h2-6,11-13H,7-9H2,1H3,(H,17,19)/t11-,12+,13-/m0/s1. The van der Waals surface area contributed by atoms with E-state index in [4.69, 9.17) is 4.74 Å². The second-order valence-corrected chi connectivity index (χ2v) is 6.66. The molecule has 6 nitrogen and oxygen atoms in total. The van der Waals surface area contributed by atoms with E-state index in [1.165, 1.54) is 23.8 Å². The molecule has 3 rings (SSSR count). The molecule has 1 N–H and O–H groups in total. The summed E-state index contributed by atoms with van der Waals surface area (Å²) in [7, 11) is 1.30. The van der Waals surface area contributed by atoms with Crippen LogP contribution in [0.2, 0.25) is 0 Å². The molecule has 2 amide bonds. The Morgan fingerprint density at radius 3 is 2.74 bits per heavy atom. The summed E-state index contributed by atoms with van der Waals surface area (Å²) in [6.45, 7) is 0. The van der Waals surface area contributed by atoms with Crippen LogP contribution in [-0.2, 0) is 25.5 Å². The minimum atomic E-state index is -0.694. The van der Waals surface area contributed by atoms with Crippen molar-refractivity contribution < 1.29 is 19.1 Å². The Labute approximate surface area is 138 Å². The maximum Gasteiger partial charge on any atom is 0.329 e. The molecular weight excluding hydrogens is 316 g/mol. The highest BCUT2D eigenvalue weighted by Gasteiger charge is 2.48. The molecule has 2 aliphatic rings. The summed E-state index contributed by atoms with van der Waals surface area (Å²) in [5.41, 5.74) is 0.964. The molecule has 0 spiro atoms. The zero-order chi connectivity index (χ0) is 16.4. The number of amides is 2. The predicted molar refractivity (Wildman–Crippen MR) is 85.8 cm³/mol. The van der Waals surface area contributed by atoms with Crippen LogP contribution in [0.4, 0.5) is 0 Å². The smallest absolute Gasteiger partial charge is 0.329 e. The number of carbonyl (C=O) groups is 3. The van der Waals surface area contributed by atoms with E-state index in [2.05, 4.69) is 5.32 Å². The molecule has 7 heteroatoms. The number of esters is 1. The first-order valence-corrected chi connectivity index (χ1v) is 8.59. The van der Waals surface area contributed by atoms with Crippen molar-refractivity contribution in [3.05, 3.63) is 35.9 Å². The van der Waals surface area contributed by atoms with Crippen molar-refractivity contribution in [2.45, 2.75) is 24.5 Å². The SMILES string of the molecule is COC(=O)[C@@H]1CSC[C@@H]2C(=O)N[C@@H](Cc3ccccc3)C(=O)N21. The molecule has 0 aliphatic carbocycles. The predicted octanol–water partition coefficient (Wildman–Crippen LogP) is 0.213. The van der Waals surface area contributed by atoms with E-state index in [0.717, 1.165) is 5.56 Å². The van der Waals surface area contributed by atoms with Crippen molar-refractivity contribution >= 4 is 29.5 Å². The molecule has 0 saturated carbocycles. The second kappa shape index (κ2) is 6.62. The highest BCUT2D eigenvalue weighted by molar-refractivity contribution is 7.99. The largest absolute Gasteiger partial charge is 0.467 e. The molecule has 122 valence electrons. The van der Waals surface area contributed by atoms with Gasteiger partial charge in [0.25, 0.3) is 0 Å². The van der Waals surface area contributed by atoms with E-state index in [1.807, 2.05) is 30.3 Å². The summed E-state index contributed by atoms with van der Waals surface area (Å²) < 4.78 is 4.80. The summed E-state index contributed by atoms with van der Waals surface area (Å²) in [5.74, 6) is 0.0770. The van der Waals surface area contributed by atoms with Crippen LogP contribution >= 0.6 is 11.8 Å². The van der Waals surface area contributed by atoms with E-state index in [9.17, 15) is 14.4 Å². The number of rotatable bonds is 3. The Hall–Kier alpha value is -2.02. The molecule has 1 aromatic rings. The van der Waals surface area contributed by atoms with Gasteiger partial charge in [-0.25, -0.2) is 4.79 Å². The Morgan fingerprint density at radius 2 is 2.04 bits per heavy atom. The molecule has 0 aromatic heterocycles. The van der Waals surface area contributed by atoms with Gasteiger partial charge < -0.3 is 15.0 Å². The van der Waals surface area contributed by atoms with Crippen molar-refractivity contribution in [1.82, 2.24) is 10.2 Å². The number of ether oxygens (including phenoxy) is 1. The van der Waals surface area contributed by atoms with Gasteiger partial charge in [0.2, 0.25) is 11.8 Å². The van der Waals surface area contributed by atoms with Crippen molar-refractivity contribution in [3.63, 3.8) is 0 Å². The number of hydrogen-bond donors (Lipinski definition) is 1. The van der Waals surface area contributed by atoms with Gasteiger partial charge in [-0.1, -0.05) is 30.3 Å². The van der Waals surface area contributed by atoms with Gasteiger partial charge in [-0.15, -0.1) is 0 Å². The first-order chi connectivity index (χ1) is 11.1. The third-order valence-electron chi connectivity index (χ3n) is 4.15. The van der Waals surface area contributed by atoms with Gasteiger partial charge in [0.15, 0.2) is 0 Å². The van der Waals surface area contributed by atoms with Gasteiger partial charge in [0.1, 0.15) is 18.1 Å². The molecule has 1 aromatic carbocycles. The number of nitrogens with zero attached hydrogens (tertiary/aromatic N) is 1. The van der Waals surface area contributed by atoms with Crippen LogP contribution < -0.4 is 5.32 Å². The van der Waals surface area contributed by atoms with Crippen LogP contribution in [0.15, 0.2) is 30.3 Å². The lowest BCUT2D eigenvalue weighted by molar-refractivity contribution is -0.160. The van der Waals surface area contributed by atoms with Crippen molar-refractivity contribution in [1.29, 1.82) is 0 Å². The number of carbonyl (C=O) groups excluding carboxylic acids is 3. The van der Waals surface area contributed by atoms with E-state index in [-0.39, 0.29) is 11.8 Å². The molecule has 0 unspecified atom stereocenters. The van der Waals surface area contributed by atoms with Crippen molar-refractivity contribution in [2.75, 3.05) is 18.6 Å². The average molecular weight is 334 g/mol. The highest BCUT2D eigenvalue weighted by atomic mass is 32.2. The van der Waals surface area contributed by atoms with E-state index >= 15 is 0 Å². The zero-order valence-electron chi connectivity index (χ0n) is 12.7. The van der Waals surface area contributed by atoms with Gasteiger partial charge >= 0.3 is 5.97 Å². The quantitative estimate of drug-likeness (QED) is 0.800. The van der Waals surface area contributed by atoms with Gasteiger partial charge in [0.05, 0.1) is 7.11 Å². The molecule has 2 aliphatic heterocycles. The zero-order valence-corrected chi connectivity index (χ0v) is 13.5. The van der Waals surface area contributed by atoms with Gasteiger partial charge in [-0.3, -0.25) is 9.59 Å². The Balaban J connectivity index is 1.84. The van der Waals surface area contributed by atoms with Crippen LogP contribution in [0.5, 0.6) is 0 Å². The second-order valence-electron chi connectivity index (χ2n) is 5.59. The molecule has 0 radical (unpaired) electrons. The number of fused-ring (bicyclic) bond motifs is 1. The Morgan fingerprint density at radius 1 is 1.30 bits per heavy atom. The monoisotopic (exact) mass is 334 g/mol. The topological polar surface area (TPSA) is 75.7 Å². The van der Waals surface area contributed by atoms with Crippen LogP contribution in [0.25, 0.3) is 0 Å². The highest BCUT2D eigenvalue weighted by Crippen LogP contribution is 2.27. The molecule has 2 fully saturated rings. The van der Waals surface area contributed by atoms with Crippen LogP contribution in [-0.4, -0.2) is 59.4 Å². The molecule has 0 bridgehead atoms. The lowest BCUT2D eigenvalue weighted by Crippen LogP contribution is -2.70. The van der Waals surface area contributed by atoms with Gasteiger partial charge in [-0.2, -0.15) is 11.8 Å². The minimum Gasteiger partial charge on any atom is -0.467 e. The lowest BCUT2D eigenvalue weighted by atomic mass is 9.99. The molecular formula is C16H18N2O4S. The summed E-state index contributed by atoms with van der Waals surface area (Å²) in [4.78, 5) is 38.6. The maximum atomic E-state index is 12.8. The number of hydrogen-bond acceptors (Lipinski definition) is 5. The first-order valence-electron chi connectivity index (χ1n) is 7.44. The summed E-state index contributed by atoms with van der Waals surface area (Å²) >= 11 is 1.49. The summed E-state index contributed by atoms with van der Waals surface area (Å²) in [6.07, 6.45) is 0.412. The van der Waals surface area contributed by atoms with Crippen molar-refractivity contribution in [3.8, 4) is 0 Å². The molecule has 3 atom stereocenters. The van der Waals surface area contributed by atoms with Crippen LogP contribution in [0.3, 0.4) is 0 Å². The number of nitrogens with one attached hydrogen (secondary N) is 1. The van der Waals surface area contributed by atoms with E-state index in [0.29, 0.717) is 17.9 Å². The molecule has 2 heterocycles. The number of thioether (sulfide) groups is 1. The average Bonchev–Trinajstić information content (AvgIpc) is 2.59. The van der Waals surface area contributed by atoms with E-state index in [1.54, 1.807) is 0 Å². The van der Waals surface area contributed by atoms with Gasteiger partial charge in [0, 0.05) is 17.9 Å². The fourth-order valence-electron chi connectivity index (χ4n) is 2.99. The summed E-state index contributed by atoms with van der Waals surface area (Å²) in [6, 6.07) is 7.57. The fourth-order valence-corrected chi connectivity index (χ4v) is 4.18. The third kappa shape index (κ3) is 3.06. The number of methoxy groups -OCH3 is 1. The fraction of sp³-hybridized carbons (Fsp3) is 0.438. The first kappa shape index (κ1) is 15.9. The Kier molecular flexibility index (Phi) is 4.56. The minimum absolute atomic E-state index is 0.202. The lowest BCUT2D eigenvalue weighted by Gasteiger charge is -2.44. The van der Waals surface area contributed by atoms with E-state index < -0.39 is 24.1 Å².